The summed E-state index contributed by atoms with van der Waals surface area (Å²) in [6.07, 6.45) is 2.80. The van der Waals surface area contributed by atoms with Gasteiger partial charge < -0.3 is 14.5 Å². The SMILES string of the molecule is O=C(O)[C@H]1CCCCN1C(=O)CCc1cc(Cl)no1. The first-order valence-electron chi connectivity index (χ1n) is 6.21. The highest BCUT2D eigenvalue weighted by molar-refractivity contribution is 6.29. The molecule has 1 N–H and O–H groups in total. The second-order valence-corrected chi connectivity index (χ2v) is 4.94. The van der Waals surface area contributed by atoms with Crippen molar-refractivity contribution < 1.29 is 19.2 Å². The molecule has 1 fully saturated rings. The number of nitrogens with zero attached hydrogens (tertiary/aromatic N) is 2. The van der Waals surface area contributed by atoms with Gasteiger partial charge in [0.15, 0.2) is 5.15 Å². The van der Waals surface area contributed by atoms with Gasteiger partial charge in [-0.25, -0.2) is 4.79 Å². The van der Waals surface area contributed by atoms with Gasteiger partial charge in [-0.05, 0) is 19.3 Å². The van der Waals surface area contributed by atoms with E-state index < -0.39 is 12.0 Å². The number of hydrogen-bond donors (Lipinski definition) is 1. The van der Waals surface area contributed by atoms with Crippen LogP contribution in [0.25, 0.3) is 0 Å². The molecule has 1 aliphatic rings. The van der Waals surface area contributed by atoms with Crippen molar-refractivity contribution in [1.29, 1.82) is 0 Å². The molecule has 19 heavy (non-hydrogen) atoms. The maximum Gasteiger partial charge on any atom is 0.326 e. The minimum atomic E-state index is -0.934. The van der Waals surface area contributed by atoms with Crippen LogP contribution in [0.2, 0.25) is 5.15 Å². The zero-order chi connectivity index (χ0) is 13.8. The van der Waals surface area contributed by atoms with Crippen molar-refractivity contribution in [3.63, 3.8) is 0 Å². The Kier molecular flexibility index (Phi) is 4.42. The van der Waals surface area contributed by atoms with Crippen LogP contribution < -0.4 is 0 Å². The molecule has 0 saturated carbocycles. The van der Waals surface area contributed by atoms with E-state index in [1.165, 1.54) is 4.90 Å². The van der Waals surface area contributed by atoms with Crippen molar-refractivity contribution in [2.24, 2.45) is 0 Å². The number of carbonyl (C=O) groups is 2. The first kappa shape index (κ1) is 13.9. The molecule has 0 aromatic carbocycles. The van der Waals surface area contributed by atoms with Gasteiger partial charge in [0.25, 0.3) is 0 Å². The number of carboxylic acid groups (broad SMARTS) is 1. The van der Waals surface area contributed by atoms with E-state index in [-0.39, 0.29) is 17.5 Å². The van der Waals surface area contributed by atoms with E-state index in [0.29, 0.717) is 25.1 Å². The van der Waals surface area contributed by atoms with Crippen LogP contribution in [0.4, 0.5) is 0 Å². The van der Waals surface area contributed by atoms with E-state index in [2.05, 4.69) is 5.16 Å². The number of hydrogen-bond acceptors (Lipinski definition) is 4. The highest BCUT2D eigenvalue weighted by atomic mass is 35.5. The highest BCUT2D eigenvalue weighted by Crippen LogP contribution is 2.19. The summed E-state index contributed by atoms with van der Waals surface area (Å²) in [5.74, 6) is -0.572. The van der Waals surface area contributed by atoms with Crippen molar-refractivity contribution in [3.05, 3.63) is 17.0 Å². The van der Waals surface area contributed by atoms with E-state index in [0.717, 1.165) is 12.8 Å². The molecule has 0 spiro atoms. The maximum atomic E-state index is 12.1. The molecule has 0 aliphatic carbocycles. The number of aliphatic carboxylic acids is 1. The Bertz CT molecular complexity index is 474. The van der Waals surface area contributed by atoms with Crippen LogP contribution in [0, 0.1) is 0 Å². The molecule has 1 aromatic rings. The van der Waals surface area contributed by atoms with Gasteiger partial charge in [0, 0.05) is 25.5 Å². The number of aryl methyl sites for hydroxylation is 1. The maximum absolute atomic E-state index is 12.1. The van der Waals surface area contributed by atoms with Gasteiger partial charge in [0.2, 0.25) is 5.91 Å². The normalized spacial score (nSPS) is 19.4. The summed E-state index contributed by atoms with van der Waals surface area (Å²) in [5, 5.41) is 12.9. The third-order valence-electron chi connectivity index (χ3n) is 3.22. The monoisotopic (exact) mass is 286 g/mol. The minimum Gasteiger partial charge on any atom is -0.480 e. The van der Waals surface area contributed by atoms with E-state index in [1.54, 1.807) is 6.07 Å². The molecule has 0 radical (unpaired) electrons. The van der Waals surface area contributed by atoms with Gasteiger partial charge in [-0.15, -0.1) is 0 Å². The summed E-state index contributed by atoms with van der Waals surface area (Å²) >= 11 is 5.61. The second-order valence-electron chi connectivity index (χ2n) is 4.55. The van der Waals surface area contributed by atoms with Crippen molar-refractivity contribution in [1.82, 2.24) is 10.1 Å². The predicted octanol–water partition coefficient (Wildman–Crippen LogP) is 1.73. The largest absolute Gasteiger partial charge is 0.480 e. The van der Waals surface area contributed by atoms with Crippen LogP contribution in [0.5, 0.6) is 0 Å². The summed E-state index contributed by atoms with van der Waals surface area (Å²) < 4.78 is 4.91. The van der Waals surface area contributed by atoms with Gasteiger partial charge in [0.1, 0.15) is 11.8 Å². The third-order valence-corrected chi connectivity index (χ3v) is 3.40. The molecule has 1 aliphatic heterocycles. The Balaban J connectivity index is 1.92. The summed E-state index contributed by atoms with van der Waals surface area (Å²) in [5.41, 5.74) is 0. The molecule has 0 unspecified atom stereocenters. The average molecular weight is 287 g/mol. The van der Waals surface area contributed by atoms with Crippen molar-refractivity contribution in [2.45, 2.75) is 38.1 Å². The summed E-state index contributed by atoms with van der Waals surface area (Å²) in [6, 6.07) is 0.860. The summed E-state index contributed by atoms with van der Waals surface area (Å²) in [6.45, 7) is 0.507. The van der Waals surface area contributed by atoms with Crippen LogP contribution in [-0.2, 0) is 16.0 Å². The Hall–Kier alpha value is -1.56. The number of likely N-dealkylation sites (tertiary alicyclic amines) is 1. The second kappa shape index (κ2) is 6.06. The lowest BCUT2D eigenvalue weighted by atomic mass is 10.0. The molecule has 7 heteroatoms. The third kappa shape index (κ3) is 3.47. The molecule has 1 aromatic heterocycles. The van der Waals surface area contributed by atoms with Gasteiger partial charge in [-0.3, -0.25) is 4.79 Å². The quantitative estimate of drug-likeness (QED) is 0.911. The highest BCUT2D eigenvalue weighted by Gasteiger charge is 2.31. The van der Waals surface area contributed by atoms with Crippen molar-refractivity contribution in [3.8, 4) is 0 Å². The molecule has 1 amide bonds. The molecular weight excluding hydrogens is 272 g/mol. The summed E-state index contributed by atoms with van der Waals surface area (Å²) in [7, 11) is 0. The summed E-state index contributed by atoms with van der Waals surface area (Å²) in [4.78, 5) is 24.6. The van der Waals surface area contributed by atoms with E-state index >= 15 is 0 Å². The molecule has 6 nitrogen and oxygen atoms in total. The Morgan fingerprint density at radius 1 is 1.53 bits per heavy atom. The van der Waals surface area contributed by atoms with E-state index in [4.69, 9.17) is 21.2 Å². The van der Waals surface area contributed by atoms with Gasteiger partial charge in [-0.1, -0.05) is 16.8 Å². The molecule has 2 heterocycles. The minimum absolute atomic E-state index is 0.167. The topological polar surface area (TPSA) is 83.6 Å². The van der Waals surface area contributed by atoms with Crippen LogP contribution in [0.1, 0.15) is 31.4 Å². The lowest BCUT2D eigenvalue weighted by molar-refractivity contribution is -0.152. The Morgan fingerprint density at radius 3 is 2.95 bits per heavy atom. The standard InChI is InChI=1S/C12H15ClN2O4/c13-10-7-8(19-14-10)4-5-11(16)15-6-2-1-3-9(15)12(17)18/h7,9H,1-6H2,(H,17,18)/t9-/m1/s1. The van der Waals surface area contributed by atoms with Gasteiger partial charge >= 0.3 is 5.97 Å². The Labute approximate surface area is 115 Å². The smallest absolute Gasteiger partial charge is 0.326 e. The number of carbonyl (C=O) groups excluding carboxylic acids is 1. The fourth-order valence-electron chi connectivity index (χ4n) is 2.27. The van der Waals surface area contributed by atoms with Crippen molar-refractivity contribution >= 4 is 23.5 Å². The molecule has 1 atom stereocenters. The van der Waals surface area contributed by atoms with Crippen LogP contribution in [-0.4, -0.2) is 39.6 Å². The molecular formula is C12H15ClN2O4. The fourth-order valence-corrected chi connectivity index (χ4v) is 2.42. The Morgan fingerprint density at radius 2 is 2.32 bits per heavy atom. The number of piperidine rings is 1. The molecule has 104 valence electrons. The molecule has 2 rings (SSSR count). The van der Waals surface area contributed by atoms with Crippen LogP contribution in [0.15, 0.2) is 10.6 Å². The number of amides is 1. The average Bonchev–Trinajstić information content (AvgIpc) is 2.81. The van der Waals surface area contributed by atoms with Crippen LogP contribution >= 0.6 is 11.6 Å². The van der Waals surface area contributed by atoms with Crippen LogP contribution in [0.3, 0.4) is 0 Å². The lowest BCUT2D eigenvalue weighted by Gasteiger charge is -2.32. The number of halogens is 1. The molecule has 0 bridgehead atoms. The first-order chi connectivity index (χ1) is 9.08. The fraction of sp³-hybridized carbons (Fsp3) is 0.583. The van der Waals surface area contributed by atoms with E-state index in [1.807, 2.05) is 0 Å². The zero-order valence-electron chi connectivity index (χ0n) is 10.3. The molecule has 1 saturated heterocycles. The zero-order valence-corrected chi connectivity index (χ0v) is 11.1. The number of carboxylic acids is 1. The number of rotatable bonds is 4. The van der Waals surface area contributed by atoms with E-state index in [9.17, 15) is 9.59 Å². The predicted molar refractivity (Wildman–Crippen MR) is 66.8 cm³/mol. The first-order valence-corrected chi connectivity index (χ1v) is 6.59. The van der Waals surface area contributed by atoms with Gasteiger partial charge in [-0.2, -0.15) is 0 Å². The van der Waals surface area contributed by atoms with Gasteiger partial charge in [0.05, 0.1) is 0 Å². The lowest BCUT2D eigenvalue weighted by Crippen LogP contribution is -2.48. The van der Waals surface area contributed by atoms with Crippen molar-refractivity contribution in [2.75, 3.05) is 6.54 Å². The number of aromatic nitrogens is 1.